The van der Waals surface area contributed by atoms with Crippen LogP contribution in [0, 0.1) is 10.1 Å². The summed E-state index contributed by atoms with van der Waals surface area (Å²) in [6.45, 7) is -0.838. The fraction of sp³-hybridized carbons (Fsp3) is 0.385. The Morgan fingerprint density at radius 2 is 2.05 bits per heavy atom. The molecule has 9 heteroatoms. The summed E-state index contributed by atoms with van der Waals surface area (Å²) in [5.74, 6) is -1.31. The molecule has 22 heavy (non-hydrogen) atoms. The number of nitro groups is 1. The summed E-state index contributed by atoms with van der Waals surface area (Å²) < 4.78 is 9.34. The maximum absolute atomic E-state index is 12.0. The van der Waals surface area contributed by atoms with Gasteiger partial charge >= 0.3 is 5.97 Å². The molecule has 0 radical (unpaired) electrons. The number of methoxy groups -OCH3 is 2. The first kappa shape index (κ1) is 17.5. The topological polar surface area (TPSA) is 119 Å². The summed E-state index contributed by atoms with van der Waals surface area (Å²) >= 11 is 0. The zero-order valence-corrected chi connectivity index (χ0v) is 12.1. The summed E-state index contributed by atoms with van der Waals surface area (Å²) in [4.78, 5) is 35.1. The molecule has 1 aromatic carbocycles. The largest absolute Gasteiger partial charge is 0.465 e. The summed E-state index contributed by atoms with van der Waals surface area (Å²) in [6, 6.07) is 3.41. The van der Waals surface area contributed by atoms with Crippen molar-refractivity contribution in [2.75, 3.05) is 38.9 Å². The van der Waals surface area contributed by atoms with E-state index < -0.39 is 23.4 Å². The Bertz CT molecular complexity index is 574. The minimum Gasteiger partial charge on any atom is -0.465 e. The number of esters is 1. The molecule has 0 aliphatic carbocycles. The van der Waals surface area contributed by atoms with E-state index in [9.17, 15) is 19.7 Å². The number of nitrogens with zero attached hydrogens (tertiary/aromatic N) is 2. The zero-order chi connectivity index (χ0) is 16.7. The van der Waals surface area contributed by atoms with Crippen LogP contribution in [0.15, 0.2) is 18.2 Å². The van der Waals surface area contributed by atoms with Crippen molar-refractivity contribution in [1.29, 1.82) is 0 Å². The average Bonchev–Trinajstić information content (AvgIpc) is 2.51. The van der Waals surface area contributed by atoms with Gasteiger partial charge in [0.1, 0.15) is 6.61 Å². The molecule has 0 aromatic heterocycles. The predicted molar refractivity (Wildman–Crippen MR) is 75.8 cm³/mol. The van der Waals surface area contributed by atoms with Crippen LogP contribution < -0.4 is 4.90 Å². The highest BCUT2D eigenvalue weighted by molar-refractivity contribution is 6.03. The van der Waals surface area contributed by atoms with E-state index in [1.165, 1.54) is 13.2 Å². The third kappa shape index (κ3) is 3.99. The lowest BCUT2D eigenvalue weighted by Gasteiger charge is -2.23. The average molecular weight is 312 g/mol. The van der Waals surface area contributed by atoms with Gasteiger partial charge in [-0.25, -0.2) is 4.79 Å². The fourth-order valence-corrected chi connectivity index (χ4v) is 1.82. The van der Waals surface area contributed by atoms with Gasteiger partial charge in [0.2, 0.25) is 0 Å². The van der Waals surface area contributed by atoms with Gasteiger partial charge < -0.3 is 19.5 Å². The number of rotatable bonds is 7. The summed E-state index contributed by atoms with van der Waals surface area (Å²) in [7, 11) is 2.46. The van der Waals surface area contributed by atoms with Gasteiger partial charge in [-0.15, -0.1) is 0 Å². The van der Waals surface area contributed by atoms with E-state index in [0.717, 1.165) is 24.1 Å². The SMILES string of the molecule is COCC(=O)N(CCO)c1cc([N+](=O)[O-])ccc1C(=O)OC. The number of anilines is 1. The molecule has 9 nitrogen and oxygen atoms in total. The quantitative estimate of drug-likeness (QED) is 0.438. The molecule has 0 saturated carbocycles. The highest BCUT2D eigenvalue weighted by atomic mass is 16.6. The molecule has 0 aliphatic rings. The van der Waals surface area contributed by atoms with Crippen LogP contribution in [0.25, 0.3) is 0 Å². The molecule has 1 aromatic rings. The number of aliphatic hydroxyl groups excluding tert-OH is 1. The Balaban J connectivity index is 3.41. The number of nitro benzene ring substituents is 1. The van der Waals surface area contributed by atoms with Gasteiger partial charge in [-0.2, -0.15) is 0 Å². The van der Waals surface area contributed by atoms with E-state index >= 15 is 0 Å². The van der Waals surface area contributed by atoms with E-state index in [-0.39, 0.29) is 30.1 Å². The lowest BCUT2D eigenvalue weighted by molar-refractivity contribution is -0.384. The highest BCUT2D eigenvalue weighted by Gasteiger charge is 2.24. The lowest BCUT2D eigenvalue weighted by Crippen LogP contribution is -2.37. The Labute approximate surface area is 126 Å². The molecule has 0 saturated heterocycles. The second-order valence-electron chi connectivity index (χ2n) is 4.15. The van der Waals surface area contributed by atoms with Crippen LogP contribution in [-0.2, 0) is 14.3 Å². The Hall–Kier alpha value is -2.52. The van der Waals surface area contributed by atoms with Crippen molar-refractivity contribution < 1.29 is 29.1 Å². The standard InChI is InChI=1S/C13H16N2O7/c1-21-8-12(17)14(5-6-16)11-7-9(15(19)20)3-4-10(11)13(18)22-2/h3-4,7,16H,5-6,8H2,1-2H3. The van der Waals surface area contributed by atoms with Crippen LogP contribution in [0.3, 0.4) is 0 Å². The third-order valence-corrected chi connectivity index (χ3v) is 2.78. The van der Waals surface area contributed by atoms with Gasteiger partial charge in [-0.05, 0) is 6.07 Å². The minimum absolute atomic E-state index is 0.0165. The van der Waals surface area contributed by atoms with E-state index in [1.807, 2.05) is 0 Å². The van der Waals surface area contributed by atoms with Crippen LogP contribution in [0.4, 0.5) is 11.4 Å². The summed E-state index contributed by atoms with van der Waals surface area (Å²) in [5.41, 5.74) is -0.334. The first-order valence-electron chi connectivity index (χ1n) is 6.23. The van der Waals surface area contributed by atoms with Crippen molar-refractivity contribution in [3.63, 3.8) is 0 Å². The minimum atomic E-state index is -0.752. The lowest BCUT2D eigenvalue weighted by atomic mass is 10.1. The van der Waals surface area contributed by atoms with Crippen LogP contribution in [-0.4, -0.2) is 55.9 Å². The third-order valence-electron chi connectivity index (χ3n) is 2.78. The first-order valence-corrected chi connectivity index (χ1v) is 6.23. The predicted octanol–water partition coefficient (Wildman–Crippen LogP) is 0.353. The fourth-order valence-electron chi connectivity index (χ4n) is 1.82. The van der Waals surface area contributed by atoms with Gasteiger partial charge in [0.05, 0.1) is 29.9 Å². The summed E-state index contributed by atoms with van der Waals surface area (Å²) in [6.07, 6.45) is 0. The molecule has 0 bridgehead atoms. The molecule has 0 fully saturated rings. The number of amides is 1. The number of ether oxygens (including phenoxy) is 2. The molecule has 1 rings (SSSR count). The number of carbonyl (C=O) groups excluding carboxylic acids is 2. The number of aliphatic hydroxyl groups is 1. The molecule has 0 heterocycles. The van der Waals surface area contributed by atoms with Crippen molar-refractivity contribution in [3.8, 4) is 0 Å². The molecule has 0 atom stereocenters. The summed E-state index contributed by atoms with van der Waals surface area (Å²) in [5, 5.41) is 20.0. The maximum atomic E-state index is 12.0. The van der Waals surface area contributed by atoms with Crippen LogP contribution in [0.1, 0.15) is 10.4 Å². The van der Waals surface area contributed by atoms with Gasteiger partial charge in [-0.1, -0.05) is 0 Å². The Morgan fingerprint density at radius 3 is 2.55 bits per heavy atom. The normalized spacial score (nSPS) is 10.1. The number of carbonyl (C=O) groups is 2. The van der Waals surface area contributed by atoms with Crippen molar-refractivity contribution in [2.45, 2.75) is 0 Å². The van der Waals surface area contributed by atoms with Crippen LogP contribution >= 0.6 is 0 Å². The molecule has 120 valence electrons. The molecular weight excluding hydrogens is 296 g/mol. The Morgan fingerprint density at radius 1 is 1.36 bits per heavy atom. The first-order chi connectivity index (χ1) is 10.5. The monoisotopic (exact) mass is 312 g/mol. The number of hydrogen-bond acceptors (Lipinski definition) is 7. The molecule has 0 unspecified atom stereocenters. The smallest absolute Gasteiger partial charge is 0.339 e. The second-order valence-corrected chi connectivity index (χ2v) is 4.15. The number of non-ortho nitro benzene ring substituents is 1. The van der Waals surface area contributed by atoms with Crippen molar-refractivity contribution in [3.05, 3.63) is 33.9 Å². The van der Waals surface area contributed by atoms with Crippen molar-refractivity contribution in [1.82, 2.24) is 0 Å². The Kier molecular flexibility index (Phi) is 6.42. The highest BCUT2D eigenvalue weighted by Crippen LogP contribution is 2.27. The van der Waals surface area contributed by atoms with Crippen molar-refractivity contribution >= 4 is 23.3 Å². The number of benzene rings is 1. The van der Waals surface area contributed by atoms with E-state index in [0.29, 0.717) is 0 Å². The van der Waals surface area contributed by atoms with Crippen molar-refractivity contribution in [2.24, 2.45) is 0 Å². The van der Waals surface area contributed by atoms with Gasteiger partial charge in [-0.3, -0.25) is 14.9 Å². The van der Waals surface area contributed by atoms with Gasteiger partial charge in [0.25, 0.3) is 11.6 Å². The van der Waals surface area contributed by atoms with E-state index in [4.69, 9.17) is 9.84 Å². The van der Waals surface area contributed by atoms with Crippen LogP contribution in [0.5, 0.6) is 0 Å². The molecular formula is C13H16N2O7. The van der Waals surface area contributed by atoms with E-state index in [2.05, 4.69) is 4.74 Å². The maximum Gasteiger partial charge on any atom is 0.339 e. The van der Waals surface area contributed by atoms with Gasteiger partial charge in [0, 0.05) is 25.8 Å². The molecule has 0 aliphatic heterocycles. The van der Waals surface area contributed by atoms with E-state index in [1.54, 1.807) is 0 Å². The molecule has 1 amide bonds. The number of hydrogen-bond donors (Lipinski definition) is 1. The van der Waals surface area contributed by atoms with Gasteiger partial charge in [0.15, 0.2) is 0 Å². The zero-order valence-electron chi connectivity index (χ0n) is 12.1. The molecule has 1 N–H and O–H groups in total. The second kappa shape index (κ2) is 8.05. The van der Waals surface area contributed by atoms with Crippen LogP contribution in [0.2, 0.25) is 0 Å². The molecule has 0 spiro atoms.